The number of fused-ring (bicyclic) bond motifs is 1. The van der Waals surface area contributed by atoms with E-state index in [1.807, 2.05) is 0 Å². The van der Waals surface area contributed by atoms with E-state index >= 15 is 0 Å². The molecule has 3 aliphatic rings. The summed E-state index contributed by atoms with van der Waals surface area (Å²) in [5, 5.41) is 2.26. The summed E-state index contributed by atoms with van der Waals surface area (Å²) < 4.78 is 0. The molecule has 17 heavy (non-hydrogen) atoms. The lowest BCUT2D eigenvalue weighted by Crippen LogP contribution is -2.38. The van der Waals surface area contributed by atoms with Crippen LogP contribution in [0.5, 0.6) is 5.75 Å². The summed E-state index contributed by atoms with van der Waals surface area (Å²) in [6.45, 7) is 0. The molecule has 3 heterocycles. The molecule has 1 aromatic heterocycles. The van der Waals surface area contributed by atoms with Crippen molar-refractivity contribution < 1.29 is 4.84 Å². The molecule has 0 amide bonds. The van der Waals surface area contributed by atoms with Crippen molar-refractivity contribution >= 4 is 0 Å². The van der Waals surface area contributed by atoms with E-state index in [1.165, 1.54) is 32.1 Å². The summed E-state index contributed by atoms with van der Waals surface area (Å²) in [6.07, 6.45) is 11.9. The van der Waals surface area contributed by atoms with E-state index in [0.29, 0.717) is 12.1 Å². The van der Waals surface area contributed by atoms with Crippen LogP contribution in [0.2, 0.25) is 0 Å². The van der Waals surface area contributed by atoms with Gasteiger partial charge in [0.25, 0.3) is 0 Å². The second kappa shape index (κ2) is 3.67. The number of aromatic nitrogens is 2. The Kier molecular flexibility index (Phi) is 2.12. The fourth-order valence-electron chi connectivity index (χ4n) is 4.13. The van der Waals surface area contributed by atoms with Gasteiger partial charge in [-0.25, -0.2) is 9.97 Å². The van der Waals surface area contributed by atoms with Gasteiger partial charge >= 0.3 is 0 Å². The van der Waals surface area contributed by atoms with Crippen molar-refractivity contribution in [3.05, 3.63) is 18.7 Å². The van der Waals surface area contributed by atoms with E-state index in [9.17, 15) is 0 Å². The van der Waals surface area contributed by atoms with Crippen LogP contribution in [0, 0.1) is 11.8 Å². The zero-order chi connectivity index (χ0) is 11.2. The molecule has 2 saturated heterocycles. The van der Waals surface area contributed by atoms with Gasteiger partial charge in [0.05, 0.1) is 18.4 Å². The second-order valence-electron chi connectivity index (χ2n) is 5.59. The van der Waals surface area contributed by atoms with Crippen LogP contribution in [0.25, 0.3) is 0 Å². The quantitative estimate of drug-likeness (QED) is 0.780. The van der Waals surface area contributed by atoms with E-state index in [-0.39, 0.29) is 0 Å². The maximum absolute atomic E-state index is 6.01. The molecule has 1 saturated carbocycles. The first-order valence-electron chi connectivity index (χ1n) is 6.63. The highest BCUT2D eigenvalue weighted by atomic mass is 16.7. The Balaban J connectivity index is 1.56. The van der Waals surface area contributed by atoms with Crippen molar-refractivity contribution in [2.24, 2.45) is 11.8 Å². The van der Waals surface area contributed by atoms with Crippen LogP contribution >= 0.6 is 0 Å². The first-order chi connectivity index (χ1) is 8.42. The van der Waals surface area contributed by atoms with E-state index in [2.05, 4.69) is 15.0 Å². The van der Waals surface area contributed by atoms with Crippen LogP contribution in [0.3, 0.4) is 0 Å². The highest BCUT2D eigenvalue weighted by molar-refractivity contribution is 5.12. The van der Waals surface area contributed by atoms with Crippen LogP contribution in [-0.2, 0) is 0 Å². The number of hydrogen-bond acceptors (Lipinski definition) is 4. The van der Waals surface area contributed by atoms with Crippen molar-refractivity contribution in [3.8, 4) is 5.75 Å². The van der Waals surface area contributed by atoms with Gasteiger partial charge in [0.15, 0.2) is 5.75 Å². The zero-order valence-electron chi connectivity index (χ0n) is 9.83. The Hall–Kier alpha value is -1.16. The molecule has 4 nitrogen and oxygen atoms in total. The smallest absolute Gasteiger partial charge is 0.184 e. The van der Waals surface area contributed by atoms with Crippen LogP contribution in [0.1, 0.15) is 32.1 Å². The molecular formula is C13H17N3O. The topological polar surface area (TPSA) is 38.2 Å². The molecule has 2 atom stereocenters. The molecule has 0 aromatic carbocycles. The third kappa shape index (κ3) is 1.47. The predicted molar refractivity (Wildman–Crippen MR) is 62.1 cm³/mol. The molecule has 90 valence electrons. The van der Waals surface area contributed by atoms with Gasteiger partial charge in [0.2, 0.25) is 0 Å². The van der Waals surface area contributed by atoms with Gasteiger partial charge in [-0.3, -0.25) is 0 Å². The van der Waals surface area contributed by atoms with Gasteiger partial charge in [0, 0.05) is 6.04 Å². The molecule has 0 N–H and O–H groups in total. The van der Waals surface area contributed by atoms with Gasteiger partial charge in [-0.05, 0) is 37.5 Å². The molecule has 3 fully saturated rings. The van der Waals surface area contributed by atoms with E-state index in [1.54, 1.807) is 18.7 Å². The summed E-state index contributed by atoms with van der Waals surface area (Å²) >= 11 is 0. The standard InChI is InChI=1S/C13H17N3O/c1-2-9-4-11-5-10(3-1)13(9)16(11)17-12-6-14-8-15-7-12/h6-11,13H,1-5H2. The fourth-order valence-corrected chi connectivity index (χ4v) is 4.13. The Labute approximate surface area is 101 Å². The first-order valence-corrected chi connectivity index (χ1v) is 6.63. The Morgan fingerprint density at radius 2 is 1.82 bits per heavy atom. The average Bonchev–Trinajstić information content (AvgIpc) is 2.85. The normalized spacial score (nSPS) is 39.5. The maximum Gasteiger partial charge on any atom is 0.184 e. The molecule has 0 spiro atoms. The molecule has 0 radical (unpaired) electrons. The monoisotopic (exact) mass is 231 g/mol. The predicted octanol–water partition coefficient (Wildman–Crippen LogP) is 2.03. The van der Waals surface area contributed by atoms with E-state index in [0.717, 1.165) is 17.6 Å². The third-order valence-electron chi connectivity index (χ3n) is 4.67. The number of hydrogen-bond donors (Lipinski definition) is 0. The minimum atomic E-state index is 0.635. The van der Waals surface area contributed by atoms with Crippen molar-refractivity contribution in [3.63, 3.8) is 0 Å². The minimum absolute atomic E-state index is 0.635. The van der Waals surface area contributed by atoms with Gasteiger partial charge < -0.3 is 4.84 Å². The van der Waals surface area contributed by atoms with Gasteiger partial charge in [0.1, 0.15) is 6.33 Å². The molecule has 2 aliphatic heterocycles. The van der Waals surface area contributed by atoms with Crippen LogP contribution in [-0.4, -0.2) is 27.1 Å². The summed E-state index contributed by atoms with van der Waals surface area (Å²) in [7, 11) is 0. The maximum atomic E-state index is 6.01. The molecule has 2 bridgehead atoms. The molecule has 1 aliphatic carbocycles. The van der Waals surface area contributed by atoms with Crippen molar-refractivity contribution in [1.29, 1.82) is 0 Å². The summed E-state index contributed by atoms with van der Waals surface area (Å²) in [5.41, 5.74) is 0. The molecule has 4 rings (SSSR count). The highest BCUT2D eigenvalue weighted by Crippen LogP contribution is 2.51. The summed E-state index contributed by atoms with van der Waals surface area (Å²) in [5.74, 6) is 2.53. The number of nitrogens with zero attached hydrogens (tertiary/aromatic N) is 3. The first kappa shape index (κ1) is 9.83. The Bertz CT molecular complexity index is 396. The van der Waals surface area contributed by atoms with Crippen LogP contribution in [0.4, 0.5) is 0 Å². The molecule has 2 unspecified atom stereocenters. The van der Waals surface area contributed by atoms with Crippen LogP contribution in [0.15, 0.2) is 18.7 Å². The van der Waals surface area contributed by atoms with E-state index in [4.69, 9.17) is 4.84 Å². The Morgan fingerprint density at radius 3 is 2.53 bits per heavy atom. The SMILES string of the molecule is c1ncc(ON2C3CC4CCCC(C3)C42)cn1. The molecular weight excluding hydrogens is 214 g/mol. The van der Waals surface area contributed by atoms with Gasteiger partial charge in [-0.1, -0.05) is 6.42 Å². The van der Waals surface area contributed by atoms with Crippen molar-refractivity contribution in [2.45, 2.75) is 44.2 Å². The second-order valence-corrected chi connectivity index (χ2v) is 5.59. The number of rotatable bonds is 2. The Morgan fingerprint density at radius 1 is 1.12 bits per heavy atom. The average molecular weight is 231 g/mol. The van der Waals surface area contributed by atoms with Crippen LogP contribution < -0.4 is 4.84 Å². The lowest BCUT2D eigenvalue weighted by atomic mass is 9.72. The van der Waals surface area contributed by atoms with Gasteiger partial charge in [-0.15, -0.1) is 5.06 Å². The molecule has 4 heteroatoms. The zero-order valence-corrected chi connectivity index (χ0v) is 9.83. The number of hydroxylamine groups is 2. The van der Waals surface area contributed by atoms with Gasteiger partial charge in [-0.2, -0.15) is 0 Å². The lowest BCUT2D eigenvalue weighted by molar-refractivity contribution is -0.0896. The fraction of sp³-hybridized carbons (Fsp3) is 0.692. The van der Waals surface area contributed by atoms with Crippen molar-refractivity contribution in [2.75, 3.05) is 0 Å². The molecule has 1 aromatic rings. The highest BCUT2D eigenvalue weighted by Gasteiger charge is 2.54. The van der Waals surface area contributed by atoms with E-state index < -0.39 is 0 Å². The van der Waals surface area contributed by atoms with Crippen molar-refractivity contribution in [1.82, 2.24) is 15.0 Å². The summed E-state index contributed by atoms with van der Waals surface area (Å²) in [4.78, 5) is 14.0. The summed E-state index contributed by atoms with van der Waals surface area (Å²) in [6, 6.07) is 1.30. The minimum Gasteiger partial charge on any atom is -0.402 e. The lowest BCUT2D eigenvalue weighted by Gasteiger charge is -2.33. The third-order valence-corrected chi connectivity index (χ3v) is 4.67. The largest absolute Gasteiger partial charge is 0.402 e.